The van der Waals surface area contributed by atoms with E-state index in [0.717, 1.165) is 5.56 Å². The highest BCUT2D eigenvalue weighted by Crippen LogP contribution is 2.25. The van der Waals surface area contributed by atoms with Gasteiger partial charge < -0.3 is 15.1 Å². The summed E-state index contributed by atoms with van der Waals surface area (Å²) in [5.74, 6) is 0.440. The molecule has 1 amide bonds. The van der Waals surface area contributed by atoms with Crippen molar-refractivity contribution in [3.63, 3.8) is 0 Å². The van der Waals surface area contributed by atoms with Crippen LogP contribution in [0.25, 0.3) is 0 Å². The molecule has 1 N–H and O–H groups in total. The molecule has 1 heterocycles. The maximum Gasteiger partial charge on any atom is 0.403 e. The van der Waals surface area contributed by atoms with Crippen LogP contribution in [-0.2, 0) is 11.3 Å². The highest BCUT2D eigenvalue weighted by atomic mass is 127. The predicted octanol–water partition coefficient (Wildman–Crippen LogP) is 2.41. The number of halogens is 4. The van der Waals surface area contributed by atoms with Crippen molar-refractivity contribution in [2.24, 2.45) is 4.99 Å². The molecule has 0 aromatic heterocycles. The van der Waals surface area contributed by atoms with E-state index >= 15 is 0 Å². The summed E-state index contributed by atoms with van der Waals surface area (Å²) in [6, 6.07) is 8.20. The van der Waals surface area contributed by atoms with Gasteiger partial charge in [-0.25, -0.2) is 4.99 Å². The first-order chi connectivity index (χ1) is 13.2. The zero-order valence-electron chi connectivity index (χ0n) is 16.9. The van der Waals surface area contributed by atoms with E-state index in [4.69, 9.17) is 0 Å². The molecule has 10 heteroatoms. The van der Waals surface area contributed by atoms with Crippen molar-refractivity contribution < 1.29 is 18.0 Å². The summed E-state index contributed by atoms with van der Waals surface area (Å²) in [5, 5.41) is 3.06. The van der Waals surface area contributed by atoms with Gasteiger partial charge in [0.2, 0.25) is 5.91 Å². The van der Waals surface area contributed by atoms with Crippen molar-refractivity contribution in [3.05, 3.63) is 35.9 Å². The minimum atomic E-state index is -4.23. The number of benzene rings is 1. The lowest BCUT2D eigenvalue weighted by Crippen LogP contribution is -2.57. The Morgan fingerprint density at radius 3 is 2.28 bits per heavy atom. The molecule has 1 fully saturated rings. The zero-order valence-corrected chi connectivity index (χ0v) is 19.3. The fraction of sp³-hybridized carbons (Fsp3) is 0.579. The summed E-state index contributed by atoms with van der Waals surface area (Å²) < 4.78 is 38.8. The lowest BCUT2D eigenvalue weighted by Gasteiger charge is -2.39. The first-order valence-electron chi connectivity index (χ1n) is 9.26. The van der Waals surface area contributed by atoms with Gasteiger partial charge in [0.1, 0.15) is 6.04 Å². The van der Waals surface area contributed by atoms with E-state index in [0.29, 0.717) is 25.6 Å². The summed E-state index contributed by atoms with van der Waals surface area (Å²) in [7, 11) is 3.34. The number of alkyl halides is 3. The van der Waals surface area contributed by atoms with Gasteiger partial charge in [-0.15, -0.1) is 24.0 Å². The number of carbonyl (C=O) groups is 1. The molecular formula is C19H29F3IN5O. The van der Waals surface area contributed by atoms with Crippen LogP contribution in [-0.4, -0.2) is 85.6 Å². The quantitative estimate of drug-likeness (QED) is 0.363. The average Bonchev–Trinajstić information content (AvgIpc) is 2.67. The van der Waals surface area contributed by atoms with Crippen LogP contribution in [0.2, 0.25) is 0 Å². The van der Waals surface area contributed by atoms with Crippen molar-refractivity contribution >= 4 is 35.8 Å². The van der Waals surface area contributed by atoms with Gasteiger partial charge in [0.05, 0.1) is 13.1 Å². The number of hydrogen-bond donors (Lipinski definition) is 1. The highest BCUT2D eigenvalue weighted by molar-refractivity contribution is 14.0. The summed E-state index contributed by atoms with van der Waals surface area (Å²) in [6.45, 7) is 3.10. The first-order valence-corrected chi connectivity index (χ1v) is 9.26. The average molecular weight is 527 g/mol. The first kappa shape index (κ1) is 25.5. The molecule has 0 spiro atoms. The number of aliphatic imine (C=N–C) groups is 1. The third-order valence-corrected chi connectivity index (χ3v) is 4.79. The molecule has 164 valence electrons. The van der Waals surface area contributed by atoms with Gasteiger partial charge in [-0.2, -0.15) is 13.2 Å². The Hall–Kier alpha value is -1.56. The summed E-state index contributed by atoms with van der Waals surface area (Å²) in [6.07, 6.45) is -4.23. The number of rotatable bonds is 5. The zero-order chi connectivity index (χ0) is 20.7. The molecule has 1 aliphatic heterocycles. The van der Waals surface area contributed by atoms with Gasteiger partial charge in [0.25, 0.3) is 0 Å². The Kier molecular flexibility index (Phi) is 10.2. The number of nitrogens with zero attached hydrogens (tertiary/aromatic N) is 4. The largest absolute Gasteiger partial charge is 0.403 e. The van der Waals surface area contributed by atoms with E-state index in [9.17, 15) is 18.0 Å². The van der Waals surface area contributed by atoms with Crippen molar-refractivity contribution in [1.29, 1.82) is 0 Å². The molecular weight excluding hydrogens is 498 g/mol. The fourth-order valence-corrected chi connectivity index (χ4v) is 2.86. The van der Waals surface area contributed by atoms with Gasteiger partial charge in [-0.05, 0) is 12.5 Å². The Bertz CT molecular complexity index is 662. The summed E-state index contributed by atoms with van der Waals surface area (Å²) in [4.78, 5) is 21.3. The topological polar surface area (TPSA) is 51.2 Å². The van der Waals surface area contributed by atoms with Crippen molar-refractivity contribution in [1.82, 2.24) is 20.0 Å². The number of piperazine rings is 1. The number of nitrogens with one attached hydrogen (secondary N) is 1. The van der Waals surface area contributed by atoms with Crippen molar-refractivity contribution in [2.75, 3.05) is 46.8 Å². The minimum absolute atomic E-state index is 0. The van der Waals surface area contributed by atoms with Gasteiger partial charge in [-0.3, -0.25) is 9.69 Å². The molecule has 1 saturated heterocycles. The SMILES string of the molecule is CC(N1CCN(C(=NCc2ccccc2)NCC(=O)N(C)C)CC1)C(F)(F)F.I. The smallest absolute Gasteiger partial charge is 0.347 e. The van der Waals surface area contributed by atoms with Gasteiger partial charge >= 0.3 is 6.18 Å². The Labute approximate surface area is 187 Å². The molecule has 0 radical (unpaired) electrons. The summed E-state index contributed by atoms with van der Waals surface area (Å²) >= 11 is 0. The number of hydrogen-bond acceptors (Lipinski definition) is 3. The van der Waals surface area contributed by atoms with E-state index in [2.05, 4.69) is 10.3 Å². The Balaban J connectivity index is 0.00000420. The molecule has 1 aromatic rings. The molecule has 0 bridgehead atoms. The van der Waals surface area contributed by atoms with E-state index < -0.39 is 12.2 Å². The second kappa shape index (κ2) is 11.6. The fourth-order valence-electron chi connectivity index (χ4n) is 2.86. The predicted molar refractivity (Wildman–Crippen MR) is 118 cm³/mol. The summed E-state index contributed by atoms with van der Waals surface area (Å²) in [5.41, 5.74) is 1.02. The van der Waals surface area contributed by atoms with Crippen molar-refractivity contribution in [3.8, 4) is 0 Å². The van der Waals surface area contributed by atoms with E-state index in [-0.39, 0.29) is 49.5 Å². The number of carbonyl (C=O) groups excluding carboxylic acids is 1. The lowest BCUT2D eigenvalue weighted by molar-refractivity contribution is -0.181. The van der Waals surface area contributed by atoms with Crippen LogP contribution < -0.4 is 5.32 Å². The van der Waals surface area contributed by atoms with Crippen LogP contribution in [0.3, 0.4) is 0 Å². The Morgan fingerprint density at radius 1 is 1.17 bits per heavy atom. The third kappa shape index (κ3) is 8.00. The second-order valence-corrected chi connectivity index (χ2v) is 7.01. The second-order valence-electron chi connectivity index (χ2n) is 7.01. The van der Waals surface area contributed by atoms with Gasteiger partial charge in [0, 0.05) is 40.3 Å². The number of likely N-dealkylation sites (N-methyl/N-ethyl adjacent to an activating group) is 1. The third-order valence-electron chi connectivity index (χ3n) is 4.79. The molecule has 6 nitrogen and oxygen atoms in total. The van der Waals surface area contributed by atoms with Crippen LogP contribution in [0.15, 0.2) is 35.3 Å². The van der Waals surface area contributed by atoms with Crippen LogP contribution in [0, 0.1) is 0 Å². The molecule has 2 rings (SSSR count). The minimum Gasteiger partial charge on any atom is -0.347 e. The van der Waals surface area contributed by atoms with Crippen LogP contribution in [0.5, 0.6) is 0 Å². The molecule has 1 unspecified atom stereocenters. The molecule has 0 saturated carbocycles. The maximum atomic E-state index is 12.9. The van der Waals surface area contributed by atoms with Gasteiger partial charge in [-0.1, -0.05) is 30.3 Å². The molecule has 29 heavy (non-hydrogen) atoms. The molecule has 1 atom stereocenters. The molecule has 1 aliphatic rings. The normalized spacial score (nSPS) is 16.8. The highest BCUT2D eigenvalue weighted by Gasteiger charge is 2.41. The van der Waals surface area contributed by atoms with Crippen molar-refractivity contribution in [2.45, 2.75) is 25.7 Å². The van der Waals surface area contributed by atoms with E-state index in [1.807, 2.05) is 35.2 Å². The van der Waals surface area contributed by atoms with E-state index in [1.165, 1.54) is 16.7 Å². The molecule has 1 aromatic carbocycles. The van der Waals surface area contributed by atoms with Crippen LogP contribution >= 0.6 is 24.0 Å². The standard InChI is InChI=1S/C19H28F3N5O.HI/c1-15(19(20,21)22)26-9-11-27(12-10-26)18(24-14-17(28)25(2)3)23-13-16-7-5-4-6-8-16;/h4-8,15H,9-14H2,1-3H3,(H,23,24);1H. The maximum absolute atomic E-state index is 12.9. The van der Waals surface area contributed by atoms with Crippen LogP contribution in [0.4, 0.5) is 13.2 Å². The number of amides is 1. The van der Waals surface area contributed by atoms with Gasteiger partial charge in [0.15, 0.2) is 5.96 Å². The Morgan fingerprint density at radius 2 is 1.76 bits per heavy atom. The molecule has 0 aliphatic carbocycles. The number of guanidine groups is 1. The van der Waals surface area contributed by atoms with E-state index in [1.54, 1.807) is 14.1 Å². The van der Waals surface area contributed by atoms with Crippen LogP contribution in [0.1, 0.15) is 12.5 Å². The monoisotopic (exact) mass is 527 g/mol. The lowest BCUT2D eigenvalue weighted by atomic mass is 10.2.